The van der Waals surface area contributed by atoms with Crippen LogP contribution in [0.2, 0.25) is 0 Å². The lowest BCUT2D eigenvalue weighted by atomic mass is 9.66. The number of pyridine rings is 1. The van der Waals surface area contributed by atoms with E-state index in [4.69, 9.17) is 14.7 Å². The third-order valence-corrected chi connectivity index (χ3v) is 8.83. The highest BCUT2D eigenvalue weighted by Crippen LogP contribution is 2.62. The largest absolute Gasteiger partial charge is 0.457 e. The third kappa shape index (κ3) is 3.55. The van der Waals surface area contributed by atoms with Crippen LogP contribution in [0.1, 0.15) is 22.3 Å². The van der Waals surface area contributed by atoms with Gasteiger partial charge in [0.15, 0.2) is 5.82 Å². The summed E-state index contributed by atoms with van der Waals surface area (Å²) in [7, 11) is 0. The fraction of sp³-hybridized carbons (Fsp3) is 0.0250. The molecule has 0 radical (unpaired) electrons. The Morgan fingerprint density at radius 2 is 1.07 bits per heavy atom. The second kappa shape index (κ2) is 9.58. The zero-order valence-corrected chi connectivity index (χ0v) is 23.7. The van der Waals surface area contributed by atoms with Crippen LogP contribution < -0.4 is 4.74 Å². The topological polar surface area (TPSA) is 47.9 Å². The maximum atomic E-state index is 6.63. The highest BCUT2D eigenvalue weighted by atomic mass is 16.5. The fourth-order valence-corrected chi connectivity index (χ4v) is 6.97. The molecule has 44 heavy (non-hydrogen) atoms. The summed E-state index contributed by atoms with van der Waals surface area (Å²) in [5.74, 6) is 2.39. The quantitative estimate of drug-likeness (QED) is 0.215. The van der Waals surface area contributed by atoms with E-state index in [1.165, 1.54) is 22.3 Å². The van der Waals surface area contributed by atoms with E-state index >= 15 is 0 Å². The summed E-state index contributed by atoms with van der Waals surface area (Å²) >= 11 is 0. The van der Waals surface area contributed by atoms with Gasteiger partial charge in [0.1, 0.15) is 11.5 Å². The molecular formula is C40H25N3O. The summed E-state index contributed by atoms with van der Waals surface area (Å²) in [6.07, 6.45) is 1.80. The molecule has 4 nitrogen and oxygen atoms in total. The Kier molecular flexibility index (Phi) is 5.38. The lowest BCUT2D eigenvalue weighted by Crippen LogP contribution is -2.32. The molecule has 9 rings (SSSR count). The number of rotatable bonds is 3. The van der Waals surface area contributed by atoms with Crippen molar-refractivity contribution >= 4 is 0 Å². The van der Waals surface area contributed by atoms with Gasteiger partial charge in [0.25, 0.3) is 0 Å². The van der Waals surface area contributed by atoms with Crippen LogP contribution in [-0.4, -0.2) is 15.0 Å². The number of hydrogen-bond donors (Lipinski definition) is 0. The van der Waals surface area contributed by atoms with Gasteiger partial charge in [0, 0.05) is 28.5 Å². The van der Waals surface area contributed by atoms with Gasteiger partial charge in [-0.2, -0.15) is 0 Å². The predicted molar refractivity (Wildman–Crippen MR) is 174 cm³/mol. The van der Waals surface area contributed by atoms with Gasteiger partial charge in [-0.3, -0.25) is 4.98 Å². The maximum Gasteiger partial charge on any atom is 0.160 e. The van der Waals surface area contributed by atoms with Crippen molar-refractivity contribution < 1.29 is 4.74 Å². The Balaban J connectivity index is 1.32. The summed E-state index contributed by atoms with van der Waals surface area (Å²) in [6.45, 7) is 0. The first-order valence-electron chi connectivity index (χ1n) is 14.8. The van der Waals surface area contributed by atoms with Gasteiger partial charge in [-0.25, -0.2) is 9.97 Å². The molecule has 0 bridgehead atoms. The van der Waals surface area contributed by atoms with Crippen LogP contribution in [0.5, 0.6) is 11.5 Å². The number of ether oxygens (including phenoxy) is 1. The van der Waals surface area contributed by atoms with Crippen molar-refractivity contribution in [3.05, 3.63) is 174 Å². The number of fused-ring (bicyclic) bond motifs is 9. The van der Waals surface area contributed by atoms with Crippen LogP contribution in [0, 0.1) is 0 Å². The van der Waals surface area contributed by atoms with Crippen molar-refractivity contribution in [1.29, 1.82) is 0 Å². The molecule has 206 valence electrons. The first-order valence-corrected chi connectivity index (χ1v) is 14.8. The van der Waals surface area contributed by atoms with Crippen LogP contribution in [0.4, 0.5) is 0 Å². The monoisotopic (exact) mass is 563 g/mol. The molecule has 0 unspecified atom stereocenters. The Bertz CT molecular complexity index is 2110. The molecule has 2 aromatic heterocycles. The molecule has 1 aliphatic heterocycles. The van der Waals surface area contributed by atoms with Gasteiger partial charge in [0.05, 0.1) is 22.5 Å². The molecule has 5 aromatic carbocycles. The highest BCUT2D eigenvalue weighted by Gasteiger charge is 2.51. The fourth-order valence-electron chi connectivity index (χ4n) is 6.97. The smallest absolute Gasteiger partial charge is 0.160 e. The van der Waals surface area contributed by atoms with Gasteiger partial charge in [0.2, 0.25) is 0 Å². The molecule has 1 spiro atoms. The highest BCUT2D eigenvalue weighted by molar-refractivity contribution is 5.89. The second-order valence-corrected chi connectivity index (χ2v) is 11.2. The minimum atomic E-state index is -0.535. The van der Waals surface area contributed by atoms with E-state index in [0.29, 0.717) is 5.82 Å². The van der Waals surface area contributed by atoms with E-state index < -0.39 is 5.41 Å². The van der Waals surface area contributed by atoms with Crippen molar-refractivity contribution in [2.45, 2.75) is 5.41 Å². The summed E-state index contributed by atoms with van der Waals surface area (Å²) in [5, 5.41) is 0. The Morgan fingerprint density at radius 3 is 1.82 bits per heavy atom. The Morgan fingerprint density at radius 1 is 0.432 bits per heavy atom. The number of benzene rings is 5. The van der Waals surface area contributed by atoms with Crippen LogP contribution >= 0.6 is 0 Å². The summed E-state index contributed by atoms with van der Waals surface area (Å²) in [5.41, 5.74) is 11.1. The molecule has 3 heterocycles. The molecule has 4 heteroatoms. The lowest BCUT2D eigenvalue weighted by molar-refractivity contribution is 0.436. The Labute approximate surface area is 255 Å². The molecule has 0 saturated heterocycles. The normalized spacial score (nSPS) is 13.4. The SMILES string of the molecule is c1ccc(-c2nc(-c3ccc4c(c3)C3(c5ccccc5O4)c4ccccc4-c4ccccc43)cc(-c3ccccn3)n2)cc1. The first kappa shape index (κ1) is 24.7. The van der Waals surface area contributed by atoms with Crippen molar-refractivity contribution in [2.24, 2.45) is 0 Å². The van der Waals surface area contributed by atoms with Gasteiger partial charge in [-0.15, -0.1) is 0 Å². The molecule has 0 amide bonds. The van der Waals surface area contributed by atoms with Gasteiger partial charge >= 0.3 is 0 Å². The summed E-state index contributed by atoms with van der Waals surface area (Å²) in [6, 6.07) is 50.5. The zero-order chi connectivity index (χ0) is 29.1. The average Bonchev–Trinajstić information content (AvgIpc) is 3.40. The first-order chi connectivity index (χ1) is 21.8. The molecule has 0 atom stereocenters. The Hall–Kier alpha value is -5.87. The van der Waals surface area contributed by atoms with E-state index in [0.717, 1.165) is 50.8 Å². The van der Waals surface area contributed by atoms with Gasteiger partial charge in [-0.05, 0) is 64.7 Å². The summed E-state index contributed by atoms with van der Waals surface area (Å²) in [4.78, 5) is 14.7. The van der Waals surface area contributed by atoms with Crippen LogP contribution in [0.3, 0.4) is 0 Å². The van der Waals surface area contributed by atoms with Gasteiger partial charge < -0.3 is 4.74 Å². The minimum Gasteiger partial charge on any atom is -0.457 e. The van der Waals surface area contributed by atoms with E-state index in [1.54, 1.807) is 6.20 Å². The maximum absolute atomic E-state index is 6.63. The van der Waals surface area contributed by atoms with Crippen molar-refractivity contribution in [2.75, 3.05) is 0 Å². The van der Waals surface area contributed by atoms with Crippen LogP contribution in [0.15, 0.2) is 152 Å². The van der Waals surface area contributed by atoms with E-state index in [2.05, 4.69) is 89.9 Å². The van der Waals surface area contributed by atoms with E-state index in [9.17, 15) is 0 Å². The minimum absolute atomic E-state index is 0.535. The van der Waals surface area contributed by atoms with Crippen molar-refractivity contribution in [1.82, 2.24) is 15.0 Å². The molecule has 0 N–H and O–H groups in total. The lowest BCUT2D eigenvalue weighted by Gasteiger charge is -2.39. The summed E-state index contributed by atoms with van der Waals surface area (Å²) < 4.78 is 6.63. The number of para-hydroxylation sites is 1. The predicted octanol–water partition coefficient (Wildman–Crippen LogP) is 9.34. The molecule has 2 aliphatic rings. The molecule has 0 saturated carbocycles. The van der Waals surface area contributed by atoms with E-state index in [1.807, 2.05) is 60.7 Å². The molecule has 1 aliphatic carbocycles. The molecule has 7 aromatic rings. The molecule has 0 fully saturated rings. The standard InChI is InChI=1S/C40H25N3O/c1-2-12-26(13-3-1)39-42-35(25-36(43-39)34-19-10-11-23-41-34)27-21-22-38-33(24-27)40(32-18-8-9-20-37(32)44-38)30-16-6-4-14-28(30)29-15-5-7-17-31(29)40/h1-25H. The number of aromatic nitrogens is 3. The molecular weight excluding hydrogens is 538 g/mol. The third-order valence-electron chi connectivity index (χ3n) is 8.83. The van der Waals surface area contributed by atoms with Crippen molar-refractivity contribution in [3.8, 4) is 56.7 Å². The number of hydrogen-bond acceptors (Lipinski definition) is 4. The van der Waals surface area contributed by atoms with E-state index in [-0.39, 0.29) is 0 Å². The van der Waals surface area contributed by atoms with Crippen LogP contribution in [0.25, 0.3) is 45.2 Å². The second-order valence-electron chi connectivity index (χ2n) is 11.2. The average molecular weight is 564 g/mol. The van der Waals surface area contributed by atoms with Gasteiger partial charge in [-0.1, -0.05) is 103 Å². The van der Waals surface area contributed by atoms with Crippen molar-refractivity contribution in [3.63, 3.8) is 0 Å². The number of nitrogens with zero attached hydrogens (tertiary/aromatic N) is 3. The van der Waals surface area contributed by atoms with Crippen LogP contribution in [-0.2, 0) is 5.41 Å². The zero-order valence-electron chi connectivity index (χ0n) is 23.7.